The summed E-state index contributed by atoms with van der Waals surface area (Å²) >= 11 is -2.30. The summed E-state index contributed by atoms with van der Waals surface area (Å²) in [7, 11) is 0. The van der Waals surface area contributed by atoms with Crippen LogP contribution in [0, 0.1) is 0 Å². The zero-order valence-electron chi connectivity index (χ0n) is 15.0. The molecule has 0 saturated carbocycles. The Hall–Kier alpha value is -1.87. The van der Waals surface area contributed by atoms with Gasteiger partial charge >= 0.3 is 151 Å². The van der Waals surface area contributed by atoms with Crippen molar-refractivity contribution < 1.29 is 0 Å². The molecular formula is C23H23GeN. The van der Waals surface area contributed by atoms with Crippen molar-refractivity contribution in [2.75, 3.05) is 0 Å². The van der Waals surface area contributed by atoms with Crippen LogP contribution in [0.1, 0.15) is 26.7 Å². The van der Waals surface area contributed by atoms with Crippen molar-refractivity contribution in [3.8, 4) is 0 Å². The van der Waals surface area contributed by atoms with E-state index in [-0.39, 0.29) is 0 Å². The van der Waals surface area contributed by atoms with E-state index in [0.29, 0.717) is 0 Å². The second kappa shape index (κ2) is 5.57. The first-order chi connectivity index (χ1) is 12.3. The molecule has 0 spiro atoms. The molecule has 3 aromatic carbocycles. The van der Waals surface area contributed by atoms with E-state index in [9.17, 15) is 0 Å². The Kier molecular flexibility index (Phi) is 3.43. The van der Waals surface area contributed by atoms with E-state index in [4.69, 9.17) is 4.98 Å². The first-order valence-corrected chi connectivity index (χ1v) is 14.6. The summed E-state index contributed by atoms with van der Waals surface area (Å²) in [5, 5.41) is 10.0. The number of benzene rings is 3. The van der Waals surface area contributed by atoms with Crippen molar-refractivity contribution in [3.63, 3.8) is 0 Å². The number of nitrogens with zero attached hydrogens (tertiary/aromatic N) is 1. The Morgan fingerprint density at radius 2 is 1.32 bits per heavy atom. The van der Waals surface area contributed by atoms with Gasteiger partial charge in [-0.3, -0.25) is 0 Å². The molecule has 0 bridgehead atoms. The average molecular weight is 386 g/mol. The standard InChI is InChI=1S/C23H23GeN/c1-3-13-24(14-4-2)19-11-5-8-16-17-10-7-15-25-23(17)18-9-6-12-20(24)22(18)21(16)19/h5-12,15H,3-4,13-14H2,1-2H3. The maximum absolute atomic E-state index is 4.78. The average Bonchev–Trinajstić information content (AvgIpc) is 2.93. The molecule has 124 valence electrons. The van der Waals surface area contributed by atoms with Crippen LogP contribution < -0.4 is 8.79 Å². The van der Waals surface area contributed by atoms with Crippen LogP contribution in [0.2, 0.25) is 10.5 Å². The molecule has 0 saturated heterocycles. The van der Waals surface area contributed by atoms with Gasteiger partial charge in [0, 0.05) is 0 Å². The molecule has 25 heavy (non-hydrogen) atoms. The van der Waals surface area contributed by atoms with Crippen molar-refractivity contribution in [2.24, 2.45) is 0 Å². The van der Waals surface area contributed by atoms with Crippen LogP contribution in [0.25, 0.3) is 32.4 Å². The van der Waals surface area contributed by atoms with Gasteiger partial charge in [-0.05, 0) is 0 Å². The number of fused-ring (bicyclic) bond motifs is 3. The summed E-state index contributed by atoms with van der Waals surface area (Å²) < 4.78 is 3.46. The summed E-state index contributed by atoms with van der Waals surface area (Å²) in [5.41, 5.74) is 1.18. The van der Waals surface area contributed by atoms with E-state index in [1.54, 1.807) is 19.6 Å². The molecule has 0 unspecified atom stereocenters. The maximum atomic E-state index is 4.78. The van der Waals surface area contributed by atoms with E-state index in [0.717, 1.165) is 0 Å². The number of hydrogen-bond acceptors (Lipinski definition) is 1. The van der Waals surface area contributed by atoms with Crippen LogP contribution >= 0.6 is 0 Å². The summed E-state index contributed by atoms with van der Waals surface area (Å²) in [6.07, 6.45) is 4.52. The third kappa shape index (κ3) is 1.88. The quantitative estimate of drug-likeness (QED) is 0.346. The Morgan fingerprint density at radius 1 is 0.720 bits per heavy atom. The number of pyridine rings is 1. The van der Waals surface area contributed by atoms with E-state index in [1.165, 1.54) is 45.0 Å². The molecular weight excluding hydrogens is 363 g/mol. The molecule has 4 aromatic rings. The molecule has 0 atom stereocenters. The zero-order valence-corrected chi connectivity index (χ0v) is 17.1. The molecule has 2 heteroatoms. The fourth-order valence-corrected chi connectivity index (χ4v) is 17.2. The van der Waals surface area contributed by atoms with E-state index in [2.05, 4.69) is 62.4 Å². The van der Waals surface area contributed by atoms with Gasteiger partial charge in [-0.15, -0.1) is 0 Å². The fourth-order valence-electron chi connectivity index (χ4n) is 5.36. The molecule has 0 radical (unpaired) electrons. The van der Waals surface area contributed by atoms with Crippen molar-refractivity contribution in [3.05, 3.63) is 54.7 Å². The topological polar surface area (TPSA) is 12.9 Å². The minimum absolute atomic E-state index is 1.18. The summed E-state index contributed by atoms with van der Waals surface area (Å²) in [6.45, 7) is 4.73. The Balaban J connectivity index is 2.07. The molecule has 1 aliphatic heterocycles. The van der Waals surface area contributed by atoms with Gasteiger partial charge in [0.1, 0.15) is 0 Å². The molecule has 0 N–H and O–H groups in total. The minimum atomic E-state index is -2.30. The van der Waals surface area contributed by atoms with Gasteiger partial charge in [-0.1, -0.05) is 0 Å². The van der Waals surface area contributed by atoms with Crippen LogP contribution in [0.15, 0.2) is 54.7 Å². The van der Waals surface area contributed by atoms with Gasteiger partial charge in [0.25, 0.3) is 0 Å². The zero-order chi connectivity index (χ0) is 17.0. The molecule has 1 nitrogen and oxygen atoms in total. The molecule has 0 fully saturated rings. The molecule has 2 heterocycles. The molecule has 1 aliphatic rings. The van der Waals surface area contributed by atoms with Crippen LogP contribution in [-0.2, 0) is 0 Å². The predicted octanol–water partition coefficient (Wildman–Crippen LogP) is 5.24. The van der Waals surface area contributed by atoms with Crippen molar-refractivity contribution in [1.82, 2.24) is 4.98 Å². The van der Waals surface area contributed by atoms with Gasteiger partial charge in [-0.25, -0.2) is 0 Å². The van der Waals surface area contributed by atoms with E-state index < -0.39 is 13.3 Å². The summed E-state index contributed by atoms with van der Waals surface area (Å²) in [5.74, 6) is 0. The van der Waals surface area contributed by atoms with Crippen LogP contribution in [-0.4, -0.2) is 18.3 Å². The summed E-state index contributed by atoms with van der Waals surface area (Å²) in [4.78, 5) is 4.78. The SMILES string of the molecule is CC[CH2][Ge]1([CH2]CC)[c]2cccc3c4cccnc4c4ccc[c]1c4c23. The Bertz CT molecular complexity index is 1040. The normalized spacial score (nSPS) is 15.0. The first kappa shape index (κ1) is 15.4. The van der Waals surface area contributed by atoms with Crippen LogP contribution in [0.3, 0.4) is 0 Å². The monoisotopic (exact) mass is 387 g/mol. The Labute approximate surface area is 151 Å². The van der Waals surface area contributed by atoms with Crippen molar-refractivity contribution in [1.29, 1.82) is 0 Å². The van der Waals surface area contributed by atoms with E-state index in [1.807, 2.05) is 6.20 Å². The second-order valence-electron chi connectivity index (χ2n) is 7.44. The van der Waals surface area contributed by atoms with Crippen LogP contribution in [0.4, 0.5) is 0 Å². The van der Waals surface area contributed by atoms with Crippen LogP contribution in [0.5, 0.6) is 0 Å². The van der Waals surface area contributed by atoms with Gasteiger partial charge in [-0.2, -0.15) is 0 Å². The first-order valence-electron chi connectivity index (χ1n) is 9.55. The third-order valence-electron chi connectivity index (χ3n) is 6.12. The summed E-state index contributed by atoms with van der Waals surface area (Å²) in [6, 6.07) is 18.4. The van der Waals surface area contributed by atoms with Crippen molar-refractivity contribution in [2.45, 2.75) is 37.2 Å². The molecule has 0 amide bonds. The number of hydrogen-bond donors (Lipinski definition) is 0. The van der Waals surface area contributed by atoms with Crippen molar-refractivity contribution >= 4 is 54.5 Å². The molecule has 0 aliphatic carbocycles. The number of aromatic nitrogens is 1. The van der Waals surface area contributed by atoms with Gasteiger partial charge in [0.05, 0.1) is 0 Å². The fraction of sp³-hybridized carbons (Fsp3) is 0.261. The molecule has 5 rings (SSSR count). The number of rotatable bonds is 4. The molecule has 1 aromatic heterocycles. The van der Waals surface area contributed by atoms with Gasteiger partial charge < -0.3 is 0 Å². The Morgan fingerprint density at radius 3 is 2.00 bits per heavy atom. The van der Waals surface area contributed by atoms with Gasteiger partial charge in [0.2, 0.25) is 0 Å². The third-order valence-corrected chi connectivity index (χ3v) is 17.9. The van der Waals surface area contributed by atoms with E-state index >= 15 is 0 Å². The van der Waals surface area contributed by atoms with Gasteiger partial charge in [0.15, 0.2) is 0 Å². The predicted molar refractivity (Wildman–Crippen MR) is 112 cm³/mol. The second-order valence-corrected chi connectivity index (χ2v) is 16.3.